The molecule has 4 heteroatoms. The molecule has 0 saturated heterocycles. The van der Waals surface area contributed by atoms with Crippen LogP contribution in [0.5, 0.6) is 0 Å². The van der Waals surface area contributed by atoms with Gasteiger partial charge in [-0.15, -0.1) is 0 Å². The number of nitrogens with one attached hydrogen (secondary N) is 1. The van der Waals surface area contributed by atoms with Crippen molar-refractivity contribution in [2.45, 2.75) is 52.2 Å². The molecule has 0 aliphatic carbocycles. The average Bonchev–Trinajstić information content (AvgIpc) is 2.38. The van der Waals surface area contributed by atoms with Crippen LogP contribution in [0.2, 0.25) is 0 Å². The third-order valence-corrected chi connectivity index (χ3v) is 4.89. The molecule has 0 aliphatic rings. The van der Waals surface area contributed by atoms with Gasteiger partial charge in [-0.1, -0.05) is 62.9 Å². The van der Waals surface area contributed by atoms with E-state index >= 15 is 0 Å². The Morgan fingerprint density at radius 2 is 2.00 bits per heavy atom. The summed E-state index contributed by atoms with van der Waals surface area (Å²) < 4.78 is 26.9. The summed E-state index contributed by atoms with van der Waals surface area (Å²) >= 11 is 0. The molecule has 20 heavy (non-hydrogen) atoms. The van der Waals surface area contributed by atoms with Crippen molar-refractivity contribution >= 4 is 10.0 Å². The molecule has 1 N–H and O–H groups in total. The summed E-state index contributed by atoms with van der Waals surface area (Å²) in [4.78, 5) is 0. The Bertz CT molecular complexity index is 497. The molecule has 114 valence electrons. The van der Waals surface area contributed by atoms with Gasteiger partial charge >= 0.3 is 0 Å². The van der Waals surface area contributed by atoms with Crippen molar-refractivity contribution < 1.29 is 8.42 Å². The smallest absolute Gasteiger partial charge is 0.215 e. The first-order chi connectivity index (χ1) is 9.46. The molecule has 0 unspecified atom stereocenters. The molecule has 1 atom stereocenters. The molecule has 1 aromatic rings. The fraction of sp³-hybridized carbons (Fsp3) is 0.625. The Morgan fingerprint density at radius 1 is 1.25 bits per heavy atom. The van der Waals surface area contributed by atoms with Gasteiger partial charge in [0.15, 0.2) is 0 Å². The molecule has 0 aliphatic heterocycles. The third kappa shape index (κ3) is 6.53. The summed E-state index contributed by atoms with van der Waals surface area (Å²) in [5, 5.41) is 0. The topological polar surface area (TPSA) is 46.2 Å². The van der Waals surface area contributed by atoms with Crippen molar-refractivity contribution in [3.63, 3.8) is 0 Å². The number of hydrogen-bond donors (Lipinski definition) is 1. The lowest BCUT2D eigenvalue weighted by atomic mass is 10.00. The van der Waals surface area contributed by atoms with Crippen LogP contribution in [-0.2, 0) is 15.8 Å². The highest BCUT2D eigenvalue weighted by molar-refractivity contribution is 7.88. The highest BCUT2D eigenvalue weighted by atomic mass is 32.2. The highest BCUT2D eigenvalue weighted by Gasteiger charge is 2.14. The van der Waals surface area contributed by atoms with E-state index in [0.717, 1.165) is 36.8 Å². The van der Waals surface area contributed by atoms with Gasteiger partial charge in [-0.05, 0) is 24.8 Å². The van der Waals surface area contributed by atoms with E-state index in [9.17, 15) is 8.42 Å². The Hall–Kier alpha value is -0.870. The van der Waals surface area contributed by atoms with Crippen LogP contribution in [-0.4, -0.2) is 15.0 Å². The second-order valence-electron chi connectivity index (χ2n) is 5.51. The van der Waals surface area contributed by atoms with E-state index in [0.29, 0.717) is 12.5 Å². The number of benzene rings is 1. The maximum Gasteiger partial charge on any atom is 0.215 e. The van der Waals surface area contributed by atoms with E-state index < -0.39 is 10.0 Å². The standard InChI is InChI=1S/C16H27NO2S/c1-4-6-9-15(5-2)12-17-20(18,19)13-16-10-7-8-14(3)11-16/h7-8,10-11,15,17H,4-6,9,12-13H2,1-3H3/t15-/m0/s1. The van der Waals surface area contributed by atoms with Gasteiger partial charge in [0, 0.05) is 6.54 Å². The minimum absolute atomic E-state index is 0.0683. The van der Waals surface area contributed by atoms with Crippen LogP contribution in [0.15, 0.2) is 24.3 Å². The number of unbranched alkanes of at least 4 members (excludes halogenated alkanes) is 1. The summed E-state index contributed by atoms with van der Waals surface area (Å²) in [5.41, 5.74) is 1.94. The zero-order chi connectivity index (χ0) is 15.0. The van der Waals surface area contributed by atoms with Crippen molar-refractivity contribution in [3.05, 3.63) is 35.4 Å². The van der Waals surface area contributed by atoms with Crippen LogP contribution in [0.3, 0.4) is 0 Å². The van der Waals surface area contributed by atoms with Crippen LogP contribution < -0.4 is 4.72 Å². The molecule has 1 rings (SSSR count). The molecule has 0 aromatic heterocycles. The molecule has 0 spiro atoms. The first-order valence-corrected chi connectivity index (χ1v) is 9.15. The fourth-order valence-electron chi connectivity index (χ4n) is 2.26. The van der Waals surface area contributed by atoms with Crippen LogP contribution in [0, 0.1) is 12.8 Å². The van der Waals surface area contributed by atoms with E-state index in [2.05, 4.69) is 18.6 Å². The predicted octanol–water partition coefficient (Wildman–Crippen LogP) is 3.63. The summed E-state index contributed by atoms with van der Waals surface area (Å²) in [6, 6.07) is 7.66. The second kappa shape index (κ2) is 8.42. The van der Waals surface area contributed by atoms with Crippen molar-refractivity contribution in [1.29, 1.82) is 0 Å². The molecule has 0 bridgehead atoms. The van der Waals surface area contributed by atoms with E-state index in [1.54, 1.807) is 0 Å². The SMILES string of the molecule is CCCC[C@H](CC)CNS(=O)(=O)Cc1cccc(C)c1. The normalized spacial score (nSPS) is 13.3. The van der Waals surface area contributed by atoms with Gasteiger partial charge in [0.1, 0.15) is 0 Å². The van der Waals surface area contributed by atoms with Crippen LogP contribution in [0.4, 0.5) is 0 Å². The lowest BCUT2D eigenvalue weighted by molar-refractivity contribution is 0.443. The number of hydrogen-bond acceptors (Lipinski definition) is 2. The van der Waals surface area contributed by atoms with Gasteiger partial charge in [-0.2, -0.15) is 0 Å². The van der Waals surface area contributed by atoms with Crippen molar-refractivity contribution in [3.8, 4) is 0 Å². The quantitative estimate of drug-likeness (QED) is 0.756. The fourth-order valence-corrected chi connectivity index (χ4v) is 3.47. The Morgan fingerprint density at radius 3 is 2.60 bits per heavy atom. The zero-order valence-electron chi connectivity index (χ0n) is 12.9. The minimum Gasteiger partial charge on any atom is -0.215 e. The summed E-state index contributed by atoms with van der Waals surface area (Å²) in [6.07, 6.45) is 4.44. The molecule has 0 amide bonds. The molecule has 0 fully saturated rings. The Balaban J connectivity index is 2.52. The maximum atomic E-state index is 12.1. The molecule has 1 aromatic carbocycles. The minimum atomic E-state index is -3.23. The van der Waals surface area contributed by atoms with Gasteiger partial charge in [0.2, 0.25) is 10.0 Å². The first kappa shape index (κ1) is 17.2. The van der Waals surface area contributed by atoms with Gasteiger partial charge < -0.3 is 0 Å². The van der Waals surface area contributed by atoms with E-state index in [1.807, 2.05) is 31.2 Å². The van der Waals surface area contributed by atoms with Gasteiger partial charge in [0.25, 0.3) is 0 Å². The summed E-state index contributed by atoms with van der Waals surface area (Å²) in [5.74, 6) is 0.515. The molecule has 0 radical (unpaired) electrons. The van der Waals surface area contributed by atoms with Crippen molar-refractivity contribution in [2.24, 2.45) is 5.92 Å². The second-order valence-corrected chi connectivity index (χ2v) is 7.32. The number of aryl methyl sites for hydroxylation is 1. The first-order valence-electron chi connectivity index (χ1n) is 7.49. The van der Waals surface area contributed by atoms with Crippen LogP contribution in [0.1, 0.15) is 50.7 Å². The third-order valence-electron chi connectivity index (χ3n) is 3.57. The van der Waals surface area contributed by atoms with Gasteiger partial charge in [-0.25, -0.2) is 13.1 Å². The Kier molecular flexibility index (Phi) is 7.24. The van der Waals surface area contributed by atoms with Crippen LogP contribution in [0.25, 0.3) is 0 Å². The Labute approximate surface area is 123 Å². The van der Waals surface area contributed by atoms with Crippen LogP contribution >= 0.6 is 0 Å². The monoisotopic (exact) mass is 297 g/mol. The van der Waals surface area contributed by atoms with E-state index in [1.165, 1.54) is 0 Å². The number of rotatable bonds is 9. The largest absolute Gasteiger partial charge is 0.215 e. The molecular weight excluding hydrogens is 270 g/mol. The van der Waals surface area contributed by atoms with E-state index in [4.69, 9.17) is 0 Å². The zero-order valence-corrected chi connectivity index (χ0v) is 13.7. The van der Waals surface area contributed by atoms with Crippen molar-refractivity contribution in [2.75, 3.05) is 6.54 Å². The van der Waals surface area contributed by atoms with Crippen molar-refractivity contribution in [1.82, 2.24) is 4.72 Å². The summed E-state index contributed by atoms with van der Waals surface area (Å²) in [6.45, 7) is 6.82. The molecular formula is C16H27NO2S. The molecule has 3 nitrogen and oxygen atoms in total. The highest BCUT2D eigenvalue weighted by Crippen LogP contribution is 2.13. The summed E-state index contributed by atoms with van der Waals surface area (Å²) in [7, 11) is -3.23. The molecule has 0 saturated carbocycles. The lowest BCUT2D eigenvalue weighted by Crippen LogP contribution is -2.30. The van der Waals surface area contributed by atoms with Gasteiger partial charge in [0.05, 0.1) is 5.75 Å². The van der Waals surface area contributed by atoms with E-state index in [-0.39, 0.29) is 5.75 Å². The predicted molar refractivity (Wildman–Crippen MR) is 85.1 cm³/mol. The molecule has 0 heterocycles. The average molecular weight is 297 g/mol. The lowest BCUT2D eigenvalue weighted by Gasteiger charge is -2.15. The number of sulfonamides is 1. The maximum absolute atomic E-state index is 12.1. The van der Waals surface area contributed by atoms with Gasteiger partial charge in [-0.3, -0.25) is 0 Å².